The van der Waals surface area contributed by atoms with E-state index in [-0.39, 0.29) is 5.91 Å². The van der Waals surface area contributed by atoms with E-state index >= 15 is 0 Å². The highest BCUT2D eigenvalue weighted by atomic mass is 32.2. The summed E-state index contributed by atoms with van der Waals surface area (Å²) in [5.74, 6) is 0.122. The molecule has 2 aliphatic rings. The number of hydrogen-bond donors (Lipinski definition) is 2. The smallest absolute Gasteiger partial charge is 0.247 e. The van der Waals surface area contributed by atoms with Crippen LogP contribution in [0.25, 0.3) is 0 Å². The molecule has 90 valence electrons. The third-order valence-corrected chi connectivity index (χ3v) is 5.24. The lowest BCUT2D eigenvalue weighted by Crippen LogP contribution is -2.46. The lowest BCUT2D eigenvalue weighted by atomic mass is 9.84. The van der Waals surface area contributed by atoms with Crippen molar-refractivity contribution in [1.29, 1.82) is 0 Å². The van der Waals surface area contributed by atoms with E-state index in [1.54, 1.807) is 0 Å². The van der Waals surface area contributed by atoms with Crippen LogP contribution >= 0.6 is 11.8 Å². The largest absolute Gasteiger partial charge is 0.351 e. The van der Waals surface area contributed by atoms with Crippen molar-refractivity contribution in [2.24, 2.45) is 0 Å². The van der Waals surface area contributed by atoms with Gasteiger partial charge in [-0.25, -0.2) is 0 Å². The van der Waals surface area contributed by atoms with Crippen molar-refractivity contribution in [2.75, 3.05) is 25.9 Å². The van der Waals surface area contributed by atoms with E-state index in [0.717, 1.165) is 25.2 Å². The van der Waals surface area contributed by atoms with Gasteiger partial charge in [0.2, 0.25) is 5.91 Å². The van der Waals surface area contributed by atoms with Crippen molar-refractivity contribution in [2.45, 2.75) is 30.9 Å². The van der Waals surface area contributed by atoms with E-state index in [9.17, 15) is 4.79 Å². The molecule has 0 spiro atoms. The van der Waals surface area contributed by atoms with Crippen LogP contribution < -0.4 is 10.6 Å². The molecule has 2 rings (SSSR count). The van der Waals surface area contributed by atoms with E-state index in [1.807, 2.05) is 18.7 Å². The second kappa shape index (κ2) is 4.80. The van der Waals surface area contributed by atoms with Crippen molar-refractivity contribution in [1.82, 2.24) is 10.6 Å². The van der Waals surface area contributed by atoms with E-state index in [0.29, 0.717) is 4.75 Å². The van der Waals surface area contributed by atoms with Gasteiger partial charge in [-0.2, -0.15) is 11.8 Å². The summed E-state index contributed by atoms with van der Waals surface area (Å²) in [4.78, 5) is 11.9. The fourth-order valence-electron chi connectivity index (χ4n) is 2.07. The molecule has 0 radical (unpaired) electrons. The maximum atomic E-state index is 11.9. The van der Waals surface area contributed by atoms with Crippen molar-refractivity contribution in [3.05, 3.63) is 11.1 Å². The van der Waals surface area contributed by atoms with Crippen LogP contribution in [0.4, 0.5) is 0 Å². The Hall–Kier alpha value is -0.480. The first-order chi connectivity index (χ1) is 7.67. The highest BCUT2D eigenvalue weighted by molar-refractivity contribution is 8.00. The van der Waals surface area contributed by atoms with Gasteiger partial charge in [-0.1, -0.05) is 6.42 Å². The van der Waals surface area contributed by atoms with E-state index in [1.165, 1.54) is 24.8 Å². The molecule has 1 aliphatic carbocycles. The molecule has 1 amide bonds. The Kier molecular flexibility index (Phi) is 3.60. The zero-order valence-electron chi connectivity index (χ0n) is 10.1. The third-order valence-electron chi connectivity index (χ3n) is 3.82. The average molecular weight is 240 g/mol. The van der Waals surface area contributed by atoms with Crippen molar-refractivity contribution < 1.29 is 4.79 Å². The van der Waals surface area contributed by atoms with Gasteiger partial charge in [0, 0.05) is 30.0 Å². The van der Waals surface area contributed by atoms with Crippen LogP contribution in [-0.4, -0.2) is 36.5 Å². The van der Waals surface area contributed by atoms with Gasteiger partial charge < -0.3 is 10.6 Å². The molecule has 0 aromatic rings. The molecule has 1 saturated heterocycles. The molecule has 1 aliphatic heterocycles. The number of hydrogen-bond acceptors (Lipinski definition) is 3. The van der Waals surface area contributed by atoms with Crippen LogP contribution in [0.2, 0.25) is 0 Å². The summed E-state index contributed by atoms with van der Waals surface area (Å²) in [6, 6.07) is 0. The average Bonchev–Trinajstić information content (AvgIpc) is 2.13. The van der Waals surface area contributed by atoms with Crippen LogP contribution in [0.15, 0.2) is 11.1 Å². The van der Waals surface area contributed by atoms with Crippen LogP contribution in [0.1, 0.15) is 26.2 Å². The summed E-state index contributed by atoms with van der Waals surface area (Å²) >= 11 is 1.90. The number of amides is 1. The van der Waals surface area contributed by atoms with Crippen LogP contribution in [0, 0.1) is 0 Å². The molecule has 0 unspecified atom stereocenters. The summed E-state index contributed by atoms with van der Waals surface area (Å²) in [7, 11) is 0. The Labute approximate surface area is 101 Å². The highest BCUT2D eigenvalue weighted by Crippen LogP contribution is 2.42. The zero-order valence-corrected chi connectivity index (χ0v) is 10.9. The molecule has 0 aromatic carbocycles. The standard InChI is InChI=1S/C12H20N2OS/c1-9(10-6-13-7-10)11(15)14-8-12(16-2)4-3-5-12/h13H,3-8H2,1-2H3,(H,14,15). The monoisotopic (exact) mass is 240 g/mol. The van der Waals surface area contributed by atoms with E-state index in [4.69, 9.17) is 0 Å². The topological polar surface area (TPSA) is 41.1 Å². The second-order valence-electron chi connectivity index (χ2n) is 4.76. The summed E-state index contributed by atoms with van der Waals surface area (Å²) in [6.45, 7) is 4.52. The molecule has 1 heterocycles. The Balaban J connectivity index is 1.83. The maximum absolute atomic E-state index is 11.9. The summed E-state index contributed by atoms with van der Waals surface area (Å²) in [6.07, 6.45) is 5.93. The molecular weight excluding hydrogens is 220 g/mol. The predicted octanol–water partition coefficient (Wildman–Crippen LogP) is 1.31. The molecular formula is C12H20N2OS. The molecule has 16 heavy (non-hydrogen) atoms. The summed E-state index contributed by atoms with van der Waals surface area (Å²) in [5, 5.41) is 6.24. The first kappa shape index (κ1) is 12.0. The van der Waals surface area contributed by atoms with Gasteiger partial charge in [-0.15, -0.1) is 0 Å². The Morgan fingerprint density at radius 2 is 2.19 bits per heavy atom. The normalized spacial score (nSPS) is 22.0. The zero-order chi connectivity index (χ0) is 11.6. The van der Waals surface area contributed by atoms with Gasteiger partial charge in [0.15, 0.2) is 0 Å². The maximum Gasteiger partial charge on any atom is 0.247 e. The van der Waals surface area contributed by atoms with Gasteiger partial charge in [0.25, 0.3) is 0 Å². The predicted molar refractivity (Wildman–Crippen MR) is 68.7 cm³/mol. The molecule has 1 saturated carbocycles. The van der Waals surface area contributed by atoms with Crippen LogP contribution in [0.5, 0.6) is 0 Å². The molecule has 0 bridgehead atoms. The van der Waals surface area contributed by atoms with Crippen molar-refractivity contribution in [3.63, 3.8) is 0 Å². The number of rotatable bonds is 4. The minimum atomic E-state index is 0.122. The molecule has 3 nitrogen and oxygen atoms in total. The SMILES string of the molecule is CSC1(CNC(=O)C(C)=C2CNC2)CCC1. The first-order valence-corrected chi connectivity index (χ1v) is 7.12. The third kappa shape index (κ3) is 2.28. The summed E-state index contributed by atoms with van der Waals surface area (Å²) in [5.41, 5.74) is 2.17. The molecule has 2 N–H and O–H groups in total. The number of carbonyl (C=O) groups excluding carboxylic acids is 1. The van der Waals surface area contributed by atoms with Crippen molar-refractivity contribution in [3.8, 4) is 0 Å². The van der Waals surface area contributed by atoms with Crippen LogP contribution in [-0.2, 0) is 4.79 Å². The number of thioether (sulfide) groups is 1. The summed E-state index contributed by atoms with van der Waals surface area (Å²) < 4.78 is 0.332. The molecule has 0 aromatic heterocycles. The fourth-order valence-corrected chi connectivity index (χ4v) is 2.99. The quantitative estimate of drug-likeness (QED) is 0.728. The van der Waals surface area contributed by atoms with Gasteiger partial charge in [-0.05, 0) is 31.6 Å². The van der Waals surface area contributed by atoms with Crippen LogP contribution in [0.3, 0.4) is 0 Å². The molecule has 2 fully saturated rings. The minimum Gasteiger partial charge on any atom is -0.351 e. The van der Waals surface area contributed by atoms with Crippen molar-refractivity contribution >= 4 is 17.7 Å². The van der Waals surface area contributed by atoms with E-state index in [2.05, 4.69) is 16.9 Å². The number of nitrogens with one attached hydrogen (secondary N) is 2. The second-order valence-corrected chi connectivity index (χ2v) is 6.03. The van der Waals surface area contributed by atoms with E-state index < -0.39 is 0 Å². The van der Waals surface area contributed by atoms with Gasteiger partial charge >= 0.3 is 0 Å². The minimum absolute atomic E-state index is 0.122. The lowest BCUT2D eigenvalue weighted by Gasteiger charge is -2.40. The highest BCUT2D eigenvalue weighted by Gasteiger charge is 2.36. The van der Waals surface area contributed by atoms with Gasteiger partial charge in [-0.3, -0.25) is 4.79 Å². The fraction of sp³-hybridized carbons (Fsp3) is 0.750. The Morgan fingerprint density at radius 3 is 2.56 bits per heavy atom. The Bertz CT molecular complexity index is 309. The van der Waals surface area contributed by atoms with Gasteiger partial charge in [0.1, 0.15) is 0 Å². The Morgan fingerprint density at radius 1 is 1.50 bits per heavy atom. The molecule has 4 heteroatoms. The molecule has 0 atom stereocenters. The lowest BCUT2D eigenvalue weighted by molar-refractivity contribution is -0.117. The first-order valence-electron chi connectivity index (χ1n) is 5.89. The number of carbonyl (C=O) groups is 1. The van der Waals surface area contributed by atoms with Gasteiger partial charge in [0.05, 0.1) is 0 Å².